The van der Waals surface area contributed by atoms with E-state index in [4.69, 9.17) is 0 Å². The van der Waals surface area contributed by atoms with E-state index in [0.29, 0.717) is 22.5 Å². The fraction of sp³-hybridized carbons (Fsp3) is 0.300. The average molecular weight is 594 g/mol. The molecule has 42 heavy (non-hydrogen) atoms. The molecule has 2 N–H and O–H groups in total. The van der Waals surface area contributed by atoms with Gasteiger partial charge >= 0.3 is 0 Å². The predicted molar refractivity (Wildman–Crippen MR) is 152 cm³/mol. The number of carbonyl (C=O) groups excluding carboxylic acids is 2. The zero-order valence-corrected chi connectivity index (χ0v) is 23.5. The van der Waals surface area contributed by atoms with Crippen molar-refractivity contribution in [1.29, 1.82) is 0 Å². The third-order valence-corrected chi connectivity index (χ3v) is 9.65. The van der Waals surface area contributed by atoms with Crippen LogP contribution in [0, 0.1) is 11.6 Å². The van der Waals surface area contributed by atoms with Gasteiger partial charge in [0.2, 0.25) is 9.84 Å². The van der Waals surface area contributed by atoms with Gasteiger partial charge < -0.3 is 15.1 Å². The summed E-state index contributed by atoms with van der Waals surface area (Å²) in [6, 6.07) is 12.7. The van der Waals surface area contributed by atoms with Crippen molar-refractivity contribution in [2.45, 2.75) is 41.5 Å². The Balaban J connectivity index is 1.17. The maximum absolute atomic E-state index is 13.7. The van der Waals surface area contributed by atoms with Crippen molar-refractivity contribution < 1.29 is 26.8 Å². The molecule has 0 unspecified atom stereocenters. The second-order valence-corrected chi connectivity index (χ2v) is 12.7. The number of halogens is 2. The SMILES string of the molecule is O=C(Nc1n[nH]c2ccc(S(=O)(=O)c3cc(F)cc(F)c3)cc12)c1ccc(C(=O)N2CCC[C@@H]2CN2CCCC2)cc1. The van der Waals surface area contributed by atoms with E-state index in [-0.39, 0.29) is 28.2 Å². The van der Waals surface area contributed by atoms with Crippen LogP contribution in [-0.2, 0) is 9.84 Å². The Hall–Kier alpha value is -4.16. The number of hydrogen-bond donors (Lipinski definition) is 2. The number of sulfone groups is 1. The molecule has 2 fully saturated rings. The molecule has 2 aliphatic heterocycles. The number of anilines is 1. The molecule has 218 valence electrons. The van der Waals surface area contributed by atoms with E-state index in [1.54, 1.807) is 24.3 Å². The van der Waals surface area contributed by atoms with Gasteiger partial charge in [0.1, 0.15) is 11.6 Å². The zero-order chi connectivity index (χ0) is 29.4. The molecule has 4 aromatic rings. The number of hydrogen-bond acceptors (Lipinski definition) is 6. The van der Waals surface area contributed by atoms with Gasteiger partial charge in [-0.2, -0.15) is 5.10 Å². The Bertz CT molecular complexity index is 1750. The van der Waals surface area contributed by atoms with Crippen molar-refractivity contribution in [1.82, 2.24) is 20.0 Å². The molecule has 1 aromatic heterocycles. The topological polar surface area (TPSA) is 115 Å². The van der Waals surface area contributed by atoms with Crippen LogP contribution in [0.1, 0.15) is 46.4 Å². The van der Waals surface area contributed by atoms with Crippen LogP contribution in [0.15, 0.2) is 70.5 Å². The minimum atomic E-state index is -4.25. The first-order valence-corrected chi connectivity index (χ1v) is 15.3. The van der Waals surface area contributed by atoms with Gasteiger partial charge in [-0.05, 0) is 93.4 Å². The number of H-pyrrole nitrogens is 1. The fourth-order valence-corrected chi connectivity index (χ4v) is 7.07. The summed E-state index contributed by atoms with van der Waals surface area (Å²) in [5.74, 6) is -2.49. The number of aromatic nitrogens is 2. The number of aromatic amines is 1. The number of likely N-dealkylation sites (tertiary alicyclic amines) is 2. The predicted octanol–water partition coefficient (Wildman–Crippen LogP) is 4.63. The van der Waals surface area contributed by atoms with Gasteiger partial charge in [-0.25, -0.2) is 17.2 Å². The standard InChI is InChI=1S/C30H29F2N5O4S/c31-21-14-22(32)16-25(15-21)42(40,41)24-9-10-27-26(17-24)28(35-34-27)33-29(38)19-5-7-20(8-6-19)30(39)37-13-3-4-23(37)18-36-11-1-2-12-36/h5-10,14-17,23H,1-4,11-13,18H2,(H2,33,34,35,38)/t23-/m1/s1. The van der Waals surface area contributed by atoms with E-state index in [2.05, 4.69) is 20.4 Å². The van der Waals surface area contributed by atoms with E-state index in [0.717, 1.165) is 51.2 Å². The van der Waals surface area contributed by atoms with Crippen molar-refractivity contribution in [3.05, 3.63) is 83.4 Å². The molecule has 0 spiro atoms. The number of nitrogens with zero attached hydrogens (tertiary/aromatic N) is 3. The lowest BCUT2D eigenvalue weighted by molar-refractivity contribution is 0.0708. The quantitative estimate of drug-likeness (QED) is 0.323. The third-order valence-electron chi connectivity index (χ3n) is 7.92. The Morgan fingerprint density at radius 2 is 1.57 bits per heavy atom. The van der Waals surface area contributed by atoms with Crippen LogP contribution in [0.5, 0.6) is 0 Å². The van der Waals surface area contributed by atoms with Crippen LogP contribution in [-0.4, -0.2) is 72.5 Å². The Morgan fingerprint density at radius 3 is 2.29 bits per heavy atom. The smallest absolute Gasteiger partial charge is 0.256 e. The minimum absolute atomic E-state index is 0.0473. The normalized spacial score (nSPS) is 17.7. The van der Waals surface area contributed by atoms with Crippen LogP contribution in [0.4, 0.5) is 14.6 Å². The molecule has 0 bridgehead atoms. The number of amides is 2. The van der Waals surface area contributed by atoms with Gasteiger partial charge in [-0.3, -0.25) is 14.7 Å². The molecular weight excluding hydrogens is 564 g/mol. The molecule has 0 aliphatic carbocycles. The molecule has 12 heteroatoms. The lowest BCUT2D eigenvalue weighted by Gasteiger charge is -2.28. The zero-order valence-electron chi connectivity index (χ0n) is 22.6. The van der Waals surface area contributed by atoms with E-state index >= 15 is 0 Å². The summed E-state index contributed by atoms with van der Waals surface area (Å²) in [5, 5.41) is 9.80. The number of nitrogens with one attached hydrogen (secondary N) is 2. The monoisotopic (exact) mass is 593 g/mol. The van der Waals surface area contributed by atoms with Crippen molar-refractivity contribution >= 4 is 38.4 Å². The van der Waals surface area contributed by atoms with Crippen molar-refractivity contribution in [3.8, 4) is 0 Å². The highest BCUT2D eigenvalue weighted by Gasteiger charge is 2.31. The molecular formula is C30H29F2N5O4S. The van der Waals surface area contributed by atoms with Gasteiger partial charge in [-0.15, -0.1) is 0 Å². The highest BCUT2D eigenvalue weighted by Crippen LogP contribution is 2.29. The van der Waals surface area contributed by atoms with E-state index in [1.807, 2.05) is 4.90 Å². The maximum Gasteiger partial charge on any atom is 0.256 e. The molecule has 2 amide bonds. The van der Waals surface area contributed by atoms with E-state index in [1.165, 1.54) is 31.0 Å². The van der Waals surface area contributed by atoms with Crippen molar-refractivity contribution in [3.63, 3.8) is 0 Å². The molecule has 2 saturated heterocycles. The van der Waals surface area contributed by atoms with E-state index in [9.17, 15) is 26.8 Å². The summed E-state index contributed by atoms with van der Waals surface area (Å²) in [7, 11) is -4.25. The fourth-order valence-electron chi connectivity index (χ4n) is 5.74. The molecule has 0 saturated carbocycles. The first kappa shape index (κ1) is 28.0. The minimum Gasteiger partial charge on any atom is -0.334 e. The lowest BCUT2D eigenvalue weighted by Crippen LogP contribution is -2.42. The van der Waals surface area contributed by atoms with Crippen LogP contribution < -0.4 is 5.32 Å². The van der Waals surface area contributed by atoms with Gasteiger partial charge in [-0.1, -0.05) is 0 Å². The molecule has 1 atom stereocenters. The Morgan fingerprint density at radius 1 is 0.881 bits per heavy atom. The molecule has 3 heterocycles. The average Bonchev–Trinajstić information content (AvgIpc) is 3.74. The van der Waals surface area contributed by atoms with Crippen LogP contribution in [0.3, 0.4) is 0 Å². The summed E-state index contributed by atoms with van der Waals surface area (Å²) in [4.78, 5) is 29.9. The van der Waals surface area contributed by atoms with Crippen LogP contribution >= 0.6 is 0 Å². The Labute approximate surface area is 241 Å². The molecule has 2 aliphatic rings. The highest BCUT2D eigenvalue weighted by molar-refractivity contribution is 7.91. The molecule has 6 rings (SSSR count). The van der Waals surface area contributed by atoms with Gasteiger partial charge in [0.15, 0.2) is 5.82 Å². The summed E-state index contributed by atoms with van der Waals surface area (Å²) >= 11 is 0. The summed E-state index contributed by atoms with van der Waals surface area (Å²) < 4.78 is 53.5. The number of fused-ring (bicyclic) bond motifs is 1. The Kier molecular flexibility index (Phi) is 7.50. The largest absolute Gasteiger partial charge is 0.334 e. The van der Waals surface area contributed by atoms with Crippen LogP contribution in [0.25, 0.3) is 10.9 Å². The van der Waals surface area contributed by atoms with Crippen molar-refractivity contribution in [2.24, 2.45) is 0 Å². The van der Waals surface area contributed by atoms with E-state index < -0.39 is 32.3 Å². The summed E-state index contributed by atoms with van der Waals surface area (Å²) in [6.45, 7) is 3.78. The third kappa shape index (κ3) is 5.51. The van der Waals surface area contributed by atoms with Gasteiger partial charge in [0, 0.05) is 41.7 Å². The highest BCUT2D eigenvalue weighted by atomic mass is 32.2. The van der Waals surface area contributed by atoms with Gasteiger partial charge in [0.25, 0.3) is 11.8 Å². The molecule has 9 nitrogen and oxygen atoms in total. The van der Waals surface area contributed by atoms with Gasteiger partial charge in [0.05, 0.1) is 15.3 Å². The maximum atomic E-state index is 13.7. The summed E-state index contributed by atoms with van der Waals surface area (Å²) in [5.41, 5.74) is 1.25. The second-order valence-electron chi connectivity index (χ2n) is 10.7. The van der Waals surface area contributed by atoms with Crippen LogP contribution in [0.2, 0.25) is 0 Å². The molecule has 0 radical (unpaired) electrons. The number of benzene rings is 3. The molecule has 3 aromatic carbocycles. The number of rotatable bonds is 7. The lowest BCUT2D eigenvalue weighted by atomic mass is 10.1. The summed E-state index contributed by atoms with van der Waals surface area (Å²) in [6.07, 6.45) is 4.37. The first-order valence-electron chi connectivity index (χ1n) is 13.8. The van der Waals surface area contributed by atoms with Crippen molar-refractivity contribution in [2.75, 3.05) is 31.5 Å². The first-order chi connectivity index (χ1) is 20.2. The second kappa shape index (κ2) is 11.3. The number of carbonyl (C=O) groups is 2.